The summed E-state index contributed by atoms with van der Waals surface area (Å²) in [7, 11) is -3.69. The predicted octanol–water partition coefficient (Wildman–Crippen LogP) is 0.652. The lowest BCUT2D eigenvalue weighted by Gasteiger charge is -2.18. The lowest BCUT2D eigenvalue weighted by atomic mass is 9.97. The molecule has 0 saturated carbocycles. The van der Waals surface area contributed by atoms with Gasteiger partial charge in [-0.15, -0.1) is 0 Å². The van der Waals surface area contributed by atoms with Gasteiger partial charge in [-0.2, -0.15) is 8.42 Å². The van der Waals surface area contributed by atoms with Gasteiger partial charge in [0.15, 0.2) is 0 Å². The Morgan fingerprint density at radius 1 is 1.43 bits per heavy atom. The second-order valence-corrected chi connectivity index (χ2v) is 5.94. The first kappa shape index (κ1) is 11.5. The van der Waals surface area contributed by atoms with E-state index in [1.807, 2.05) is 0 Å². The molecule has 1 aliphatic heterocycles. The standard InChI is InChI=1S/C8H14O5S/c1-8(2,3)7(9)13-6-4-5-12-14(6,10)11/h6H,4-5H2,1-3H3. The van der Waals surface area contributed by atoms with Crippen LogP contribution in [0.3, 0.4) is 0 Å². The minimum absolute atomic E-state index is 0.0877. The summed E-state index contributed by atoms with van der Waals surface area (Å²) < 4.78 is 31.6. The van der Waals surface area contributed by atoms with Crippen LogP contribution in [0.1, 0.15) is 27.2 Å². The number of carbonyl (C=O) groups is 1. The Kier molecular flexibility index (Phi) is 2.87. The molecule has 1 heterocycles. The average molecular weight is 222 g/mol. The van der Waals surface area contributed by atoms with E-state index in [2.05, 4.69) is 4.18 Å². The molecule has 0 spiro atoms. The van der Waals surface area contributed by atoms with Crippen LogP contribution in [0, 0.1) is 5.41 Å². The highest BCUT2D eigenvalue weighted by atomic mass is 32.2. The monoisotopic (exact) mass is 222 g/mol. The third-order valence-electron chi connectivity index (χ3n) is 1.77. The molecule has 1 atom stereocenters. The predicted molar refractivity (Wildman–Crippen MR) is 48.8 cm³/mol. The van der Waals surface area contributed by atoms with Crippen molar-refractivity contribution < 1.29 is 22.1 Å². The minimum Gasteiger partial charge on any atom is -0.443 e. The Bertz CT molecular complexity index is 324. The van der Waals surface area contributed by atoms with E-state index in [-0.39, 0.29) is 13.0 Å². The number of ether oxygens (including phenoxy) is 1. The molecule has 6 heteroatoms. The Morgan fingerprint density at radius 3 is 2.36 bits per heavy atom. The van der Waals surface area contributed by atoms with Crippen molar-refractivity contribution in [2.24, 2.45) is 5.41 Å². The van der Waals surface area contributed by atoms with E-state index in [9.17, 15) is 13.2 Å². The number of hydrogen-bond acceptors (Lipinski definition) is 5. The molecule has 0 aromatic heterocycles. The van der Waals surface area contributed by atoms with Gasteiger partial charge in [-0.25, -0.2) is 0 Å². The topological polar surface area (TPSA) is 69.7 Å². The van der Waals surface area contributed by atoms with Gasteiger partial charge in [-0.3, -0.25) is 8.98 Å². The SMILES string of the molecule is CC(C)(C)C(=O)OC1CCOS1(=O)=O. The summed E-state index contributed by atoms with van der Waals surface area (Å²) in [6.07, 6.45) is 0.212. The molecule has 0 aromatic carbocycles. The third-order valence-corrected chi connectivity index (χ3v) is 3.25. The second kappa shape index (κ2) is 3.51. The molecular formula is C8H14O5S. The maximum atomic E-state index is 11.4. The van der Waals surface area contributed by atoms with Gasteiger partial charge in [0.2, 0.25) is 5.44 Å². The first-order chi connectivity index (χ1) is 6.23. The van der Waals surface area contributed by atoms with Gasteiger partial charge in [0, 0.05) is 6.42 Å². The summed E-state index contributed by atoms with van der Waals surface area (Å²) in [6, 6.07) is 0. The van der Waals surface area contributed by atoms with Crippen molar-refractivity contribution >= 4 is 16.1 Å². The van der Waals surface area contributed by atoms with Crippen LogP contribution in [0.4, 0.5) is 0 Å². The quantitative estimate of drug-likeness (QED) is 0.481. The van der Waals surface area contributed by atoms with Gasteiger partial charge in [-0.1, -0.05) is 0 Å². The molecule has 1 unspecified atom stereocenters. The van der Waals surface area contributed by atoms with Crippen LogP contribution < -0.4 is 0 Å². The van der Waals surface area contributed by atoms with Crippen LogP contribution in [-0.2, 0) is 23.8 Å². The van der Waals surface area contributed by atoms with Crippen LogP contribution >= 0.6 is 0 Å². The lowest BCUT2D eigenvalue weighted by molar-refractivity contribution is -0.154. The Morgan fingerprint density at radius 2 is 2.00 bits per heavy atom. The molecule has 1 fully saturated rings. The summed E-state index contributed by atoms with van der Waals surface area (Å²) in [5, 5.41) is 0. The highest BCUT2D eigenvalue weighted by molar-refractivity contribution is 7.87. The molecule has 0 radical (unpaired) electrons. The van der Waals surface area contributed by atoms with Gasteiger partial charge in [-0.05, 0) is 20.8 Å². The Balaban J connectivity index is 2.67. The molecule has 1 saturated heterocycles. The molecule has 0 aliphatic carbocycles. The maximum Gasteiger partial charge on any atom is 0.312 e. The molecule has 14 heavy (non-hydrogen) atoms. The molecular weight excluding hydrogens is 208 g/mol. The molecule has 5 nitrogen and oxygen atoms in total. The fraction of sp³-hybridized carbons (Fsp3) is 0.875. The van der Waals surface area contributed by atoms with Gasteiger partial charge < -0.3 is 4.74 Å². The van der Waals surface area contributed by atoms with Crippen LogP contribution in [-0.4, -0.2) is 26.4 Å². The smallest absolute Gasteiger partial charge is 0.312 e. The number of esters is 1. The molecule has 1 rings (SSSR count). The van der Waals surface area contributed by atoms with Crippen LogP contribution in [0.25, 0.3) is 0 Å². The van der Waals surface area contributed by atoms with E-state index in [0.717, 1.165) is 0 Å². The van der Waals surface area contributed by atoms with Gasteiger partial charge >= 0.3 is 16.1 Å². The molecule has 0 aromatic rings. The molecule has 1 aliphatic rings. The molecule has 82 valence electrons. The fourth-order valence-corrected chi connectivity index (χ4v) is 1.97. The van der Waals surface area contributed by atoms with E-state index >= 15 is 0 Å². The lowest BCUT2D eigenvalue weighted by Crippen LogP contribution is -2.30. The van der Waals surface area contributed by atoms with Crippen molar-refractivity contribution in [2.45, 2.75) is 32.6 Å². The second-order valence-electron chi connectivity index (χ2n) is 4.19. The average Bonchev–Trinajstić information content (AvgIpc) is 2.29. The van der Waals surface area contributed by atoms with Crippen molar-refractivity contribution in [3.63, 3.8) is 0 Å². The van der Waals surface area contributed by atoms with Crippen LogP contribution in [0.5, 0.6) is 0 Å². The van der Waals surface area contributed by atoms with Crippen molar-refractivity contribution in [2.75, 3.05) is 6.61 Å². The van der Waals surface area contributed by atoms with Crippen molar-refractivity contribution in [1.82, 2.24) is 0 Å². The normalized spacial score (nSPS) is 26.1. The number of hydrogen-bond donors (Lipinski definition) is 0. The van der Waals surface area contributed by atoms with Crippen LogP contribution in [0.2, 0.25) is 0 Å². The zero-order valence-electron chi connectivity index (χ0n) is 8.44. The van der Waals surface area contributed by atoms with Crippen molar-refractivity contribution in [3.8, 4) is 0 Å². The third kappa shape index (κ3) is 2.45. The van der Waals surface area contributed by atoms with Crippen molar-refractivity contribution in [3.05, 3.63) is 0 Å². The maximum absolute atomic E-state index is 11.4. The Hall–Kier alpha value is -0.620. The summed E-state index contributed by atoms with van der Waals surface area (Å²) in [5.41, 5.74) is -1.83. The molecule has 0 N–H and O–H groups in total. The number of carbonyl (C=O) groups excluding carboxylic acids is 1. The summed E-state index contributed by atoms with van der Waals surface area (Å²) in [6.45, 7) is 5.08. The van der Waals surface area contributed by atoms with Gasteiger partial charge in [0.1, 0.15) is 0 Å². The first-order valence-corrected chi connectivity index (χ1v) is 5.80. The summed E-state index contributed by atoms with van der Waals surface area (Å²) in [5.74, 6) is -0.531. The first-order valence-electron chi connectivity index (χ1n) is 4.33. The highest BCUT2D eigenvalue weighted by Gasteiger charge is 2.38. The van der Waals surface area contributed by atoms with E-state index in [4.69, 9.17) is 4.74 Å². The van der Waals surface area contributed by atoms with E-state index in [0.29, 0.717) is 0 Å². The summed E-state index contributed by atoms with van der Waals surface area (Å²) >= 11 is 0. The minimum atomic E-state index is -3.69. The highest BCUT2D eigenvalue weighted by Crippen LogP contribution is 2.23. The number of rotatable bonds is 1. The summed E-state index contributed by atoms with van der Waals surface area (Å²) in [4.78, 5) is 11.4. The zero-order valence-corrected chi connectivity index (χ0v) is 9.26. The van der Waals surface area contributed by atoms with Crippen LogP contribution in [0.15, 0.2) is 0 Å². The largest absolute Gasteiger partial charge is 0.443 e. The Labute approximate surface area is 83.5 Å². The fourth-order valence-electron chi connectivity index (χ4n) is 0.895. The van der Waals surface area contributed by atoms with Gasteiger partial charge in [0.05, 0.1) is 12.0 Å². The van der Waals surface area contributed by atoms with Gasteiger partial charge in [0.25, 0.3) is 0 Å². The molecule has 0 amide bonds. The van der Waals surface area contributed by atoms with Crippen molar-refractivity contribution in [1.29, 1.82) is 0 Å². The molecule has 0 bridgehead atoms. The zero-order chi connectivity index (χ0) is 11.0. The van der Waals surface area contributed by atoms with E-state index in [1.165, 1.54) is 0 Å². The van der Waals surface area contributed by atoms with E-state index < -0.39 is 26.9 Å². The van der Waals surface area contributed by atoms with E-state index in [1.54, 1.807) is 20.8 Å².